The molecule has 6 heteroatoms. The highest BCUT2D eigenvalue weighted by Gasteiger charge is 2.22. The smallest absolute Gasteiger partial charge is 0.221 e. The fourth-order valence-electron chi connectivity index (χ4n) is 3.24. The first-order chi connectivity index (χ1) is 11.6. The van der Waals surface area contributed by atoms with E-state index in [1.54, 1.807) is 6.07 Å². The van der Waals surface area contributed by atoms with Gasteiger partial charge < -0.3 is 15.0 Å². The van der Waals surface area contributed by atoms with Crippen LogP contribution in [0, 0.1) is 11.6 Å². The van der Waals surface area contributed by atoms with E-state index in [1.165, 1.54) is 17.3 Å². The second-order valence-corrected chi connectivity index (χ2v) is 6.03. The third-order valence-electron chi connectivity index (χ3n) is 4.54. The van der Waals surface area contributed by atoms with Gasteiger partial charge in [0, 0.05) is 29.3 Å². The molecule has 2 aromatic heterocycles. The van der Waals surface area contributed by atoms with Crippen molar-refractivity contribution in [1.29, 1.82) is 0 Å². The molecule has 1 aromatic carbocycles. The van der Waals surface area contributed by atoms with Crippen LogP contribution < -0.4 is 10.1 Å². The summed E-state index contributed by atoms with van der Waals surface area (Å²) in [5.74, 6) is -1.28. The molecule has 24 heavy (non-hydrogen) atoms. The summed E-state index contributed by atoms with van der Waals surface area (Å²) in [6.07, 6.45) is 3.04. The molecule has 1 aliphatic carbocycles. The SMILES string of the molecule is CNC1CCc2[nH]c3nc(Oc4ccc(F)c(F)c4)ccc3c2C1. The summed E-state index contributed by atoms with van der Waals surface area (Å²) < 4.78 is 31.8. The average molecular weight is 329 g/mol. The van der Waals surface area contributed by atoms with Crippen molar-refractivity contribution in [2.45, 2.75) is 25.3 Å². The Morgan fingerprint density at radius 1 is 1.21 bits per heavy atom. The molecule has 2 heterocycles. The van der Waals surface area contributed by atoms with Crippen LogP contribution in [0.5, 0.6) is 11.6 Å². The van der Waals surface area contributed by atoms with Crippen molar-refractivity contribution in [1.82, 2.24) is 15.3 Å². The summed E-state index contributed by atoms with van der Waals surface area (Å²) >= 11 is 0. The first-order valence-corrected chi connectivity index (χ1v) is 7.94. The van der Waals surface area contributed by atoms with Gasteiger partial charge in [0.05, 0.1) is 0 Å². The molecule has 0 saturated carbocycles. The highest BCUT2D eigenvalue weighted by molar-refractivity contribution is 5.82. The van der Waals surface area contributed by atoms with E-state index in [9.17, 15) is 8.78 Å². The minimum Gasteiger partial charge on any atom is -0.439 e. The number of nitrogens with one attached hydrogen (secondary N) is 2. The molecule has 4 nitrogen and oxygen atoms in total. The minimum absolute atomic E-state index is 0.215. The Bertz CT molecular complexity index is 907. The minimum atomic E-state index is -0.943. The van der Waals surface area contributed by atoms with E-state index in [-0.39, 0.29) is 5.75 Å². The molecular formula is C18H17F2N3O. The van der Waals surface area contributed by atoms with E-state index in [4.69, 9.17) is 4.74 Å². The van der Waals surface area contributed by atoms with Crippen LogP contribution in [-0.4, -0.2) is 23.1 Å². The average Bonchev–Trinajstić information content (AvgIpc) is 2.95. The Morgan fingerprint density at radius 2 is 2.08 bits per heavy atom. The molecule has 0 radical (unpaired) electrons. The molecule has 0 amide bonds. The maximum absolute atomic E-state index is 13.3. The fraction of sp³-hybridized carbons (Fsp3) is 0.278. The van der Waals surface area contributed by atoms with E-state index >= 15 is 0 Å². The Labute approximate surface area is 137 Å². The lowest BCUT2D eigenvalue weighted by Crippen LogP contribution is -2.31. The van der Waals surface area contributed by atoms with Crippen LogP contribution in [0.25, 0.3) is 11.0 Å². The van der Waals surface area contributed by atoms with Crippen molar-refractivity contribution in [3.8, 4) is 11.6 Å². The highest BCUT2D eigenvalue weighted by atomic mass is 19.2. The molecule has 2 N–H and O–H groups in total. The quantitative estimate of drug-likeness (QED) is 0.770. The van der Waals surface area contributed by atoms with Gasteiger partial charge in [0.2, 0.25) is 5.88 Å². The Morgan fingerprint density at radius 3 is 2.88 bits per heavy atom. The topological polar surface area (TPSA) is 49.9 Å². The number of hydrogen-bond acceptors (Lipinski definition) is 3. The summed E-state index contributed by atoms with van der Waals surface area (Å²) in [5, 5.41) is 4.41. The third-order valence-corrected chi connectivity index (χ3v) is 4.54. The molecule has 0 spiro atoms. The standard InChI is InChI=1S/C18H17F2N3O/c1-21-10-2-6-16-13(8-10)12-4-7-17(23-18(12)22-16)24-11-3-5-14(19)15(20)9-11/h3-5,7,9-10,21H,2,6,8H2,1H3,(H,22,23). The van der Waals surface area contributed by atoms with Gasteiger partial charge in [-0.1, -0.05) is 0 Å². The van der Waals surface area contributed by atoms with E-state index in [0.29, 0.717) is 11.9 Å². The lowest BCUT2D eigenvalue weighted by molar-refractivity contribution is 0.449. The number of likely N-dealkylation sites (N-methyl/N-ethyl adjacent to an activating group) is 1. The molecule has 1 unspecified atom stereocenters. The molecule has 1 atom stereocenters. The summed E-state index contributed by atoms with van der Waals surface area (Å²) in [5.41, 5.74) is 3.27. The van der Waals surface area contributed by atoms with Gasteiger partial charge >= 0.3 is 0 Å². The van der Waals surface area contributed by atoms with Crippen molar-refractivity contribution in [3.05, 3.63) is 53.2 Å². The van der Waals surface area contributed by atoms with Crippen molar-refractivity contribution < 1.29 is 13.5 Å². The molecule has 124 valence electrons. The Balaban J connectivity index is 1.65. The first-order valence-electron chi connectivity index (χ1n) is 7.94. The first kappa shape index (κ1) is 15.1. The van der Waals surface area contributed by atoms with Crippen LogP contribution in [0.4, 0.5) is 8.78 Å². The number of H-pyrrole nitrogens is 1. The number of pyridine rings is 1. The number of ether oxygens (including phenoxy) is 1. The maximum atomic E-state index is 13.3. The summed E-state index contributed by atoms with van der Waals surface area (Å²) in [7, 11) is 1.98. The second-order valence-electron chi connectivity index (χ2n) is 6.03. The zero-order valence-electron chi connectivity index (χ0n) is 13.2. The van der Waals surface area contributed by atoms with Gasteiger partial charge in [-0.3, -0.25) is 0 Å². The molecule has 4 rings (SSSR count). The van der Waals surface area contributed by atoms with Gasteiger partial charge in [-0.25, -0.2) is 8.78 Å². The maximum Gasteiger partial charge on any atom is 0.221 e. The van der Waals surface area contributed by atoms with E-state index in [0.717, 1.165) is 42.4 Å². The fourth-order valence-corrected chi connectivity index (χ4v) is 3.24. The second kappa shape index (κ2) is 5.87. The molecule has 0 saturated heterocycles. The molecule has 1 aliphatic rings. The number of fused-ring (bicyclic) bond motifs is 3. The van der Waals surface area contributed by atoms with Gasteiger partial charge in [0.15, 0.2) is 11.6 Å². The zero-order chi connectivity index (χ0) is 16.7. The van der Waals surface area contributed by atoms with Crippen molar-refractivity contribution in [2.24, 2.45) is 0 Å². The van der Waals surface area contributed by atoms with Crippen LogP contribution in [-0.2, 0) is 12.8 Å². The normalized spacial score (nSPS) is 17.0. The Kier molecular flexibility index (Phi) is 3.69. The summed E-state index contributed by atoms with van der Waals surface area (Å²) in [6, 6.07) is 7.62. The van der Waals surface area contributed by atoms with Gasteiger partial charge in [-0.05, 0) is 50.1 Å². The zero-order valence-corrected chi connectivity index (χ0v) is 13.2. The van der Waals surface area contributed by atoms with Gasteiger partial charge in [0.1, 0.15) is 11.4 Å². The number of aromatic nitrogens is 2. The number of hydrogen-bond donors (Lipinski definition) is 2. The van der Waals surface area contributed by atoms with Crippen LogP contribution in [0.1, 0.15) is 17.7 Å². The largest absolute Gasteiger partial charge is 0.439 e. The Hall–Kier alpha value is -2.47. The lowest BCUT2D eigenvalue weighted by Gasteiger charge is -2.21. The predicted octanol–water partition coefficient (Wildman–Crippen LogP) is 3.71. The monoisotopic (exact) mass is 329 g/mol. The summed E-state index contributed by atoms with van der Waals surface area (Å²) in [6.45, 7) is 0. The van der Waals surface area contributed by atoms with Crippen molar-refractivity contribution >= 4 is 11.0 Å². The number of nitrogens with zero attached hydrogens (tertiary/aromatic N) is 1. The van der Waals surface area contributed by atoms with Gasteiger partial charge in [-0.15, -0.1) is 0 Å². The van der Waals surface area contributed by atoms with Gasteiger partial charge in [-0.2, -0.15) is 4.98 Å². The van der Waals surface area contributed by atoms with Crippen LogP contribution in [0.2, 0.25) is 0 Å². The molecule has 0 fully saturated rings. The van der Waals surface area contributed by atoms with Crippen LogP contribution in [0.15, 0.2) is 30.3 Å². The third kappa shape index (κ3) is 2.63. The molecule has 3 aromatic rings. The lowest BCUT2D eigenvalue weighted by atomic mass is 9.92. The predicted molar refractivity (Wildman–Crippen MR) is 87.4 cm³/mol. The van der Waals surface area contributed by atoms with E-state index in [1.807, 2.05) is 13.1 Å². The number of halogens is 2. The van der Waals surface area contributed by atoms with Crippen LogP contribution in [0.3, 0.4) is 0 Å². The van der Waals surface area contributed by atoms with Crippen molar-refractivity contribution in [3.63, 3.8) is 0 Å². The summed E-state index contributed by atoms with van der Waals surface area (Å²) in [4.78, 5) is 7.82. The molecular weight excluding hydrogens is 312 g/mol. The van der Waals surface area contributed by atoms with Crippen LogP contribution >= 0.6 is 0 Å². The highest BCUT2D eigenvalue weighted by Crippen LogP contribution is 2.30. The van der Waals surface area contributed by atoms with E-state index < -0.39 is 11.6 Å². The van der Waals surface area contributed by atoms with E-state index in [2.05, 4.69) is 15.3 Å². The molecule has 0 bridgehead atoms. The number of aromatic amines is 1. The van der Waals surface area contributed by atoms with Crippen molar-refractivity contribution in [2.75, 3.05) is 7.05 Å². The molecule has 0 aliphatic heterocycles. The number of aryl methyl sites for hydroxylation is 1. The number of rotatable bonds is 3. The number of benzene rings is 1. The van der Waals surface area contributed by atoms with Gasteiger partial charge in [0.25, 0.3) is 0 Å².